The Labute approximate surface area is 249 Å². The van der Waals surface area contributed by atoms with Gasteiger partial charge in [0.1, 0.15) is 0 Å². The van der Waals surface area contributed by atoms with Gasteiger partial charge in [-0.15, -0.1) is 0 Å². The van der Waals surface area contributed by atoms with Gasteiger partial charge in [-0.25, -0.2) is 0 Å². The molecule has 0 aromatic heterocycles. The molecular weight excluding hydrogens is 609 g/mol. The van der Waals surface area contributed by atoms with Crippen LogP contribution in [-0.4, -0.2) is 73.5 Å². The first-order valence-corrected chi connectivity index (χ1v) is 14.1. The summed E-state index contributed by atoms with van der Waals surface area (Å²) in [6.07, 6.45) is -8.17. The zero-order chi connectivity index (χ0) is 30.8. The van der Waals surface area contributed by atoms with Gasteiger partial charge in [-0.2, -0.15) is 26.3 Å². The van der Waals surface area contributed by atoms with Crippen LogP contribution in [0, 0.1) is 0 Å². The van der Waals surface area contributed by atoms with Crippen LogP contribution in [0.5, 0.6) is 0 Å². The smallest absolute Gasteiger partial charge is 0.341 e. The van der Waals surface area contributed by atoms with E-state index < -0.39 is 46.9 Å². The molecule has 2 aromatic carbocycles. The van der Waals surface area contributed by atoms with Crippen LogP contribution < -0.4 is 10.6 Å². The van der Waals surface area contributed by atoms with Crippen LogP contribution >= 0.6 is 23.2 Å². The lowest BCUT2D eigenvalue weighted by molar-refractivity contribution is -0.143. The molecule has 2 N–H and O–H groups in total. The van der Waals surface area contributed by atoms with Crippen LogP contribution in [0.2, 0.25) is 10.0 Å². The minimum Gasteiger partial charge on any atom is -0.341 e. The second kappa shape index (κ2) is 13.0. The Balaban J connectivity index is 1.60. The van der Waals surface area contributed by atoms with E-state index in [9.17, 15) is 35.9 Å². The molecule has 2 atom stereocenters. The van der Waals surface area contributed by atoms with Crippen molar-refractivity contribution in [2.45, 2.75) is 49.6 Å². The topological polar surface area (TPSA) is 64.7 Å². The number of hydrogen-bond acceptors (Lipinski definition) is 4. The lowest BCUT2D eigenvalue weighted by Crippen LogP contribution is -2.54. The van der Waals surface area contributed by atoms with Gasteiger partial charge in [0.05, 0.1) is 27.7 Å². The first-order valence-electron chi connectivity index (χ1n) is 13.4. The molecule has 2 amide bonds. The molecule has 0 radical (unpaired) electrons. The average Bonchev–Trinajstić information content (AvgIpc) is 2.95. The monoisotopic (exact) mass is 638 g/mol. The number of benzene rings is 2. The predicted molar refractivity (Wildman–Crippen MR) is 147 cm³/mol. The van der Waals surface area contributed by atoms with Gasteiger partial charge in [-0.3, -0.25) is 9.59 Å². The van der Waals surface area contributed by atoms with Gasteiger partial charge >= 0.3 is 12.4 Å². The number of carbonyl (C=O) groups excluding carboxylic acids is 2. The fourth-order valence-electron chi connectivity index (χ4n) is 5.50. The van der Waals surface area contributed by atoms with Crippen molar-refractivity contribution >= 4 is 35.0 Å². The number of hydrogen-bond donors (Lipinski definition) is 2. The maximum atomic E-state index is 13.4. The molecule has 2 saturated heterocycles. The zero-order valence-electron chi connectivity index (χ0n) is 22.6. The number of carbonyl (C=O) groups is 2. The second-order valence-electron chi connectivity index (χ2n) is 10.6. The van der Waals surface area contributed by atoms with Crippen molar-refractivity contribution in [2.75, 3.05) is 39.8 Å². The Morgan fingerprint density at radius 2 is 1.57 bits per heavy atom. The molecule has 4 rings (SSSR count). The number of rotatable bonds is 6. The lowest BCUT2D eigenvalue weighted by atomic mass is 9.84. The van der Waals surface area contributed by atoms with Crippen LogP contribution in [0.15, 0.2) is 36.4 Å². The van der Waals surface area contributed by atoms with Crippen molar-refractivity contribution in [3.8, 4) is 0 Å². The first-order chi connectivity index (χ1) is 19.6. The molecule has 2 heterocycles. The molecule has 0 unspecified atom stereocenters. The van der Waals surface area contributed by atoms with Crippen LogP contribution in [0.1, 0.15) is 52.2 Å². The van der Waals surface area contributed by atoms with Gasteiger partial charge in [-0.1, -0.05) is 29.3 Å². The molecule has 42 heavy (non-hydrogen) atoms. The van der Waals surface area contributed by atoms with E-state index in [0.717, 1.165) is 30.8 Å². The maximum Gasteiger partial charge on any atom is 0.416 e. The van der Waals surface area contributed by atoms with E-state index in [2.05, 4.69) is 10.6 Å². The number of halogens is 8. The second-order valence-corrected chi connectivity index (χ2v) is 11.4. The Hall–Kier alpha value is -2.54. The van der Waals surface area contributed by atoms with Gasteiger partial charge in [-0.05, 0) is 68.2 Å². The van der Waals surface area contributed by atoms with Crippen molar-refractivity contribution < 1.29 is 35.9 Å². The number of likely N-dealkylation sites (N-methyl/N-ethyl adjacent to an activating group) is 1. The Morgan fingerprint density at radius 3 is 2.14 bits per heavy atom. The number of piperidine rings is 2. The van der Waals surface area contributed by atoms with E-state index in [1.165, 1.54) is 7.05 Å². The summed E-state index contributed by atoms with van der Waals surface area (Å²) >= 11 is 12.3. The molecule has 0 aliphatic carbocycles. The molecule has 0 bridgehead atoms. The molecule has 2 aromatic rings. The van der Waals surface area contributed by atoms with E-state index >= 15 is 0 Å². The number of nitrogens with one attached hydrogen (secondary N) is 2. The molecule has 0 saturated carbocycles. The Morgan fingerprint density at radius 1 is 0.952 bits per heavy atom. The summed E-state index contributed by atoms with van der Waals surface area (Å²) in [5, 5.41) is 7.04. The SMILES string of the molecule is CN(C(=O)c1cc(C(F)(F)F)cc(C(F)(F)F)c1)[C@@H]1CCN(C(=O)CNC2CCNCC2)C[C@H]1c1ccc(Cl)c(Cl)c1. The van der Waals surface area contributed by atoms with Crippen LogP contribution in [0.25, 0.3) is 0 Å². The van der Waals surface area contributed by atoms with E-state index in [1.807, 2.05) is 0 Å². The van der Waals surface area contributed by atoms with Crippen molar-refractivity contribution in [2.24, 2.45) is 0 Å². The molecule has 6 nitrogen and oxygen atoms in total. The molecular formula is C28H30Cl2F6N4O2. The summed E-state index contributed by atoms with van der Waals surface area (Å²) in [6.45, 7) is 2.22. The fraction of sp³-hybridized carbons (Fsp3) is 0.500. The van der Waals surface area contributed by atoms with Crippen LogP contribution in [0.3, 0.4) is 0 Å². The zero-order valence-corrected chi connectivity index (χ0v) is 24.1. The highest BCUT2D eigenvalue weighted by Crippen LogP contribution is 2.38. The summed E-state index contributed by atoms with van der Waals surface area (Å²) < 4.78 is 80.7. The van der Waals surface area contributed by atoms with Crippen molar-refractivity contribution in [1.29, 1.82) is 0 Å². The van der Waals surface area contributed by atoms with Crippen LogP contribution in [-0.2, 0) is 17.1 Å². The normalized spacial score (nSPS) is 20.5. The highest BCUT2D eigenvalue weighted by molar-refractivity contribution is 6.42. The van der Waals surface area contributed by atoms with Gasteiger partial charge < -0.3 is 20.4 Å². The fourth-order valence-corrected chi connectivity index (χ4v) is 5.81. The van der Waals surface area contributed by atoms with Gasteiger partial charge in [0.25, 0.3) is 5.91 Å². The average molecular weight is 639 g/mol. The third-order valence-corrected chi connectivity index (χ3v) is 8.57. The van der Waals surface area contributed by atoms with Crippen molar-refractivity contribution in [1.82, 2.24) is 20.4 Å². The summed E-state index contributed by atoms with van der Waals surface area (Å²) in [4.78, 5) is 29.4. The minimum absolute atomic E-state index is 0.0166. The van der Waals surface area contributed by atoms with Crippen molar-refractivity contribution in [3.63, 3.8) is 0 Å². The van der Waals surface area contributed by atoms with Crippen LogP contribution in [0.4, 0.5) is 26.3 Å². The molecule has 2 aliphatic rings. The Bertz CT molecular complexity index is 1270. The lowest BCUT2D eigenvalue weighted by Gasteiger charge is -2.43. The molecule has 0 spiro atoms. The Kier molecular flexibility index (Phi) is 10.0. The van der Waals surface area contributed by atoms with E-state index in [1.54, 1.807) is 23.1 Å². The number of likely N-dealkylation sites (tertiary alicyclic amines) is 1. The molecule has 2 aliphatic heterocycles. The predicted octanol–water partition coefficient (Wildman–Crippen LogP) is 5.83. The summed E-state index contributed by atoms with van der Waals surface area (Å²) in [7, 11) is 1.33. The highest BCUT2D eigenvalue weighted by atomic mass is 35.5. The van der Waals surface area contributed by atoms with Crippen molar-refractivity contribution in [3.05, 3.63) is 68.7 Å². The van der Waals surface area contributed by atoms with Gasteiger partial charge in [0, 0.05) is 43.7 Å². The third kappa shape index (κ3) is 7.69. The number of amides is 2. The maximum absolute atomic E-state index is 13.4. The standard InChI is InChI=1S/C28H30Cl2F6N4O2/c1-39(26(42)17-10-18(27(31,32)33)13-19(11-17)28(34,35)36)24-6-9-40(25(41)14-38-20-4-7-37-8-5-20)15-21(24)16-2-3-22(29)23(30)12-16/h2-3,10-13,20-21,24,37-38H,4-9,14-15H2,1H3/t21-,24+/m0/s1. The van der Waals surface area contributed by atoms with Gasteiger partial charge in [0.15, 0.2) is 0 Å². The summed E-state index contributed by atoms with van der Waals surface area (Å²) in [5.74, 6) is -1.70. The summed E-state index contributed by atoms with van der Waals surface area (Å²) in [5.41, 5.74) is -3.26. The number of alkyl halides is 6. The quantitative estimate of drug-likeness (QED) is 0.391. The van der Waals surface area contributed by atoms with E-state index in [0.29, 0.717) is 17.7 Å². The molecule has 230 valence electrons. The molecule has 14 heteroatoms. The highest BCUT2D eigenvalue weighted by Gasteiger charge is 2.40. The van der Waals surface area contributed by atoms with E-state index in [-0.39, 0.29) is 54.1 Å². The summed E-state index contributed by atoms with van der Waals surface area (Å²) in [6, 6.07) is 5.19. The minimum atomic E-state index is -5.09. The van der Waals surface area contributed by atoms with E-state index in [4.69, 9.17) is 23.2 Å². The molecule has 2 fully saturated rings. The largest absolute Gasteiger partial charge is 0.416 e. The van der Waals surface area contributed by atoms with Gasteiger partial charge in [0.2, 0.25) is 5.91 Å². The number of nitrogens with zero attached hydrogens (tertiary/aromatic N) is 2. The third-order valence-electron chi connectivity index (χ3n) is 7.83. The first kappa shape index (κ1) is 32.4.